The molecule has 2 rings (SSSR count). The van der Waals surface area contributed by atoms with Gasteiger partial charge in [-0.15, -0.1) is 17.5 Å². The number of aryl methyl sites for hydroxylation is 1. The third kappa shape index (κ3) is 6.22. The van der Waals surface area contributed by atoms with Crippen molar-refractivity contribution >= 4 is 56.0 Å². The molecule has 0 fully saturated rings. The summed E-state index contributed by atoms with van der Waals surface area (Å²) in [7, 11) is 1.84. The molecule has 0 aliphatic carbocycles. The van der Waals surface area contributed by atoms with E-state index < -0.39 is 0 Å². The molecule has 6 nitrogen and oxygen atoms in total. The second kappa shape index (κ2) is 10.5. The van der Waals surface area contributed by atoms with Crippen LogP contribution in [-0.2, 0) is 13.6 Å². The quantitative estimate of drug-likeness (QED) is 0.455. The van der Waals surface area contributed by atoms with Crippen LogP contribution in [0.4, 0.5) is 0 Å². The van der Waals surface area contributed by atoms with Gasteiger partial charge in [-0.05, 0) is 45.4 Å². The van der Waals surface area contributed by atoms with Gasteiger partial charge in [-0.2, -0.15) is 0 Å². The number of halogens is 3. The number of nitrogens with zero attached hydrogens (tertiary/aromatic N) is 4. The van der Waals surface area contributed by atoms with E-state index in [1.165, 1.54) is 0 Å². The topological polar surface area (TPSA) is 64.9 Å². The Labute approximate surface area is 162 Å². The van der Waals surface area contributed by atoms with Crippen LogP contribution in [-0.4, -0.2) is 39.1 Å². The van der Waals surface area contributed by atoms with E-state index in [2.05, 4.69) is 58.8 Å². The third-order valence-corrected chi connectivity index (χ3v) is 4.84. The van der Waals surface area contributed by atoms with Crippen LogP contribution in [0.2, 0.25) is 0 Å². The highest BCUT2D eigenvalue weighted by Gasteiger charge is 2.10. The van der Waals surface area contributed by atoms with Gasteiger partial charge in [0.05, 0.1) is 11.1 Å². The molecule has 0 atom stereocenters. The largest absolute Gasteiger partial charge is 0.492 e. The number of benzene rings is 1. The summed E-state index contributed by atoms with van der Waals surface area (Å²) >= 11 is 8.68. The number of thioether (sulfide) groups is 1. The van der Waals surface area contributed by atoms with Crippen molar-refractivity contribution in [2.45, 2.75) is 18.6 Å². The first-order chi connectivity index (χ1) is 10.6. The number of hydrogen-bond donors (Lipinski definition) is 1. The fourth-order valence-electron chi connectivity index (χ4n) is 1.83. The summed E-state index contributed by atoms with van der Waals surface area (Å²) in [6.45, 7) is 4.22. The molecule has 0 aliphatic rings. The van der Waals surface area contributed by atoms with Crippen LogP contribution in [0.5, 0.6) is 5.75 Å². The van der Waals surface area contributed by atoms with E-state index in [0.717, 1.165) is 44.3 Å². The molecule has 10 heteroatoms. The fraction of sp³-hybridized carbons (Fsp3) is 0.462. The summed E-state index contributed by atoms with van der Waals surface area (Å²) in [6.07, 6.45) is 0. The molecule has 0 radical (unpaired) electrons. The van der Waals surface area contributed by atoms with Crippen molar-refractivity contribution in [3.63, 3.8) is 0 Å². The number of tetrazole rings is 1. The third-order valence-electron chi connectivity index (χ3n) is 2.78. The lowest BCUT2D eigenvalue weighted by Crippen LogP contribution is -2.17. The molecular formula is C13H18Br2ClN5OS. The Morgan fingerprint density at radius 2 is 2.13 bits per heavy atom. The van der Waals surface area contributed by atoms with Crippen molar-refractivity contribution in [1.29, 1.82) is 0 Å². The second-order valence-corrected chi connectivity index (χ2v) is 7.25. The first kappa shape index (κ1) is 20.7. The minimum atomic E-state index is 0. The van der Waals surface area contributed by atoms with Crippen LogP contribution < -0.4 is 10.1 Å². The van der Waals surface area contributed by atoms with E-state index in [0.29, 0.717) is 6.61 Å². The van der Waals surface area contributed by atoms with Crippen LogP contribution in [0.15, 0.2) is 26.2 Å². The molecule has 1 aromatic carbocycles. The van der Waals surface area contributed by atoms with E-state index in [4.69, 9.17) is 4.74 Å². The second-order valence-electron chi connectivity index (χ2n) is 4.42. The minimum absolute atomic E-state index is 0. The predicted octanol–water partition coefficient (Wildman–Crippen LogP) is 3.44. The average molecular weight is 488 g/mol. The van der Waals surface area contributed by atoms with Crippen LogP contribution in [0.1, 0.15) is 12.5 Å². The van der Waals surface area contributed by atoms with Crippen molar-refractivity contribution < 1.29 is 4.74 Å². The zero-order chi connectivity index (χ0) is 15.9. The molecule has 1 aromatic heterocycles. The Morgan fingerprint density at radius 1 is 1.35 bits per heavy atom. The Kier molecular flexibility index (Phi) is 9.45. The van der Waals surface area contributed by atoms with Gasteiger partial charge in [0.2, 0.25) is 5.16 Å². The number of hydrogen-bond acceptors (Lipinski definition) is 6. The normalized spacial score (nSPS) is 10.4. The first-order valence-electron chi connectivity index (χ1n) is 6.78. The smallest absolute Gasteiger partial charge is 0.209 e. The summed E-state index contributed by atoms with van der Waals surface area (Å²) < 4.78 is 9.37. The molecule has 1 N–H and O–H groups in total. The molecule has 0 unspecified atom stereocenters. The lowest BCUT2D eigenvalue weighted by atomic mass is 10.2. The van der Waals surface area contributed by atoms with Gasteiger partial charge in [0.1, 0.15) is 5.75 Å². The van der Waals surface area contributed by atoms with Crippen molar-refractivity contribution in [3.8, 4) is 5.75 Å². The Bertz CT molecular complexity index is 628. The van der Waals surface area contributed by atoms with Crippen molar-refractivity contribution in [3.05, 3.63) is 26.6 Å². The molecule has 2 aromatic rings. The highest BCUT2D eigenvalue weighted by molar-refractivity contribution is 9.11. The first-order valence-corrected chi connectivity index (χ1v) is 9.35. The van der Waals surface area contributed by atoms with Gasteiger partial charge in [-0.3, -0.25) is 0 Å². The number of nitrogens with one attached hydrogen (secondary N) is 1. The van der Waals surface area contributed by atoms with Gasteiger partial charge in [0, 0.05) is 35.9 Å². The van der Waals surface area contributed by atoms with Gasteiger partial charge in [-0.25, -0.2) is 4.68 Å². The maximum Gasteiger partial charge on any atom is 0.209 e. The molecule has 0 saturated heterocycles. The molecule has 0 spiro atoms. The summed E-state index contributed by atoms with van der Waals surface area (Å²) in [5.41, 5.74) is 1.12. The molecule has 0 aliphatic heterocycles. The van der Waals surface area contributed by atoms with Gasteiger partial charge in [-0.1, -0.05) is 27.7 Å². The summed E-state index contributed by atoms with van der Waals surface area (Å²) in [6, 6.07) is 4.06. The lowest BCUT2D eigenvalue weighted by Gasteiger charge is -2.13. The highest BCUT2D eigenvalue weighted by Crippen LogP contribution is 2.32. The van der Waals surface area contributed by atoms with E-state index >= 15 is 0 Å². The highest BCUT2D eigenvalue weighted by atomic mass is 79.9. The zero-order valence-electron chi connectivity index (χ0n) is 12.8. The Balaban J connectivity index is 0.00000264. The van der Waals surface area contributed by atoms with Crippen molar-refractivity contribution in [2.24, 2.45) is 7.05 Å². The van der Waals surface area contributed by atoms with Crippen molar-refractivity contribution in [1.82, 2.24) is 25.5 Å². The molecule has 0 bridgehead atoms. The van der Waals surface area contributed by atoms with E-state index in [-0.39, 0.29) is 12.4 Å². The van der Waals surface area contributed by atoms with Gasteiger partial charge in [0.15, 0.2) is 0 Å². The molecule has 23 heavy (non-hydrogen) atoms. The van der Waals surface area contributed by atoms with Crippen molar-refractivity contribution in [2.75, 3.05) is 18.9 Å². The van der Waals surface area contributed by atoms with Gasteiger partial charge in [0.25, 0.3) is 0 Å². The van der Waals surface area contributed by atoms with E-state index in [9.17, 15) is 0 Å². The summed E-state index contributed by atoms with van der Waals surface area (Å²) in [4.78, 5) is 0. The number of rotatable bonds is 8. The molecule has 0 amide bonds. The standard InChI is InChI=1S/C13H17Br2N5OS.ClH/c1-3-21-12-9(6-10(14)7-11(12)15)8-16-4-5-22-13-17-18-19-20(13)2;/h6-7,16H,3-5,8H2,1-2H3;1H. The lowest BCUT2D eigenvalue weighted by molar-refractivity contribution is 0.333. The maximum absolute atomic E-state index is 5.71. The minimum Gasteiger partial charge on any atom is -0.492 e. The SMILES string of the molecule is CCOc1c(Br)cc(Br)cc1CNCCSc1nnnn1C.Cl. The predicted molar refractivity (Wildman–Crippen MR) is 101 cm³/mol. The number of ether oxygens (including phenoxy) is 1. The van der Waals surface area contributed by atoms with Crippen LogP contribution in [0, 0.1) is 0 Å². The van der Waals surface area contributed by atoms with Gasteiger partial charge < -0.3 is 10.1 Å². The Hall–Kier alpha value is -0.350. The summed E-state index contributed by atoms with van der Waals surface area (Å²) in [5, 5.41) is 15.6. The zero-order valence-corrected chi connectivity index (χ0v) is 17.6. The molecule has 1 heterocycles. The molecule has 0 saturated carbocycles. The summed E-state index contributed by atoms with van der Waals surface area (Å²) in [5.74, 6) is 1.79. The van der Waals surface area contributed by atoms with Crippen LogP contribution in [0.25, 0.3) is 0 Å². The average Bonchev–Trinajstić information content (AvgIpc) is 2.87. The molecule has 128 valence electrons. The maximum atomic E-state index is 5.71. The van der Waals surface area contributed by atoms with E-state index in [1.54, 1.807) is 16.4 Å². The fourth-order valence-corrected chi connectivity index (χ4v) is 4.01. The van der Waals surface area contributed by atoms with Crippen LogP contribution >= 0.6 is 56.0 Å². The monoisotopic (exact) mass is 485 g/mol. The van der Waals surface area contributed by atoms with Gasteiger partial charge >= 0.3 is 0 Å². The Morgan fingerprint density at radius 3 is 2.78 bits per heavy atom. The van der Waals surface area contributed by atoms with E-state index in [1.807, 2.05) is 20.0 Å². The molecular weight excluding hydrogens is 470 g/mol. The number of aromatic nitrogens is 4. The van der Waals surface area contributed by atoms with Crippen LogP contribution in [0.3, 0.4) is 0 Å².